The number of aliphatic hydroxyl groups is 1. The molecule has 0 aromatic heterocycles. The van der Waals surface area contributed by atoms with Crippen LogP contribution >= 0.6 is 0 Å². The second-order valence-corrected chi connectivity index (χ2v) is 9.45. The lowest BCUT2D eigenvalue weighted by Crippen LogP contribution is -2.32. The molecule has 10 heteroatoms. The van der Waals surface area contributed by atoms with Crippen LogP contribution in [0.2, 0.25) is 0 Å². The molecule has 3 aromatic rings. The van der Waals surface area contributed by atoms with Gasteiger partial charge in [0.25, 0.3) is 11.8 Å². The number of benzene rings is 3. The van der Waals surface area contributed by atoms with E-state index in [-0.39, 0.29) is 24.0 Å². The summed E-state index contributed by atoms with van der Waals surface area (Å²) in [7, 11) is 3.40. The lowest BCUT2D eigenvalue weighted by Gasteiger charge is -2.20. The molecule has 0 saturated carbocycles. The van der Waals surface area contributed by atoms with Gasteiger partial charge in [0.2, 0.25) is 0 Å². The molecular weight excluding hydrogens is 512 g/mol. The monoisotopic (exact) mass is 544 g/mol. The average Bonchev–Trinajstić information content (AvgIpc) is 3.25. The highest BCUT2D eigenvalue weighted by molar-refractivity contribution is 6.37. The van der Waals surface area contributed by atoms with Crippen LogP contribution in [-0.2, 0) is 9.63 Å². The smallest absolute Gasteiger partial charge is 0.336 e. The number of hydrogen-bond donors (Lipinski definition) is 4. The number of aliphatic hydroxyl groups excluding tert-OH is 1. The average molecular weight is 545 g/mol. The molecule has 1 aliphatic rings. The fourth-order valence-electron chi connectivity index (χ4n) is 4.38. The number of hydroxylamine groups is 2. The predicted octanol–water partition coefficient (Wildman–Crippen LogP) is 3.55. The number of nitrogens with one attached hydrogen (secondary N) is 2. The van der Waals surface area contributed by atoms with Crippen LogP contribution in [0.15, 0.2) is 66.7 Å². The van der Waals surface area contributed by atoms with Crippen LogP contribution in [0.1, 0.15) is 37.4 Å². The lowest BCUT2D eigenvalue weighted by molar-refractivity contribution is -0.110. The molecular formula is C30H32N4O6. The number of carboxylic acid groups (broad SMARTS) is 1. The molecule has 0 spiro atoms. The summed E-state index contributed by atoms with van der Waals surface area (Å²) in [6.45, 7) is 3.13. The van der Waals surface area contributed by atoms with Crippen molar-refractivity contribution in [1.29, 1.82) is 0 Å². The van der Waals surface area contributed by atoms with Crippen molar-refractivity contribution < 1.29 is 29.4 Å². The van der Waals surface area contributed by atoms with Crippen LogP contribution in [0.25, 0.3) is 11.3 Å². The molecule has 10 nitrogen and oxygen atoms in total. The van der Waals surface area contributed by atoms with E-state index in [1.165, 1.54) is 11.1 Å². The Morgan fingerprint density at radius 2 is 1.68 bits per heavy atom. The number of hydrogen-bond acceptors (Lipinski definition) is 7. The first-order chi connectivity index (χ1) is 19.2. The number of nitrogens with zero attached hydrogens (tertiary/aromatic N) is 2. The van der Waals surface area contributed by atoms with Crippen molar-refractivity contribution in [2.75, 3.05) is 51.0 Å². The molecule has 4 rings (SSSR count). The van der Waals surface area contributed by atoms with E-state index < -0.39 is 5.97 Å². The van der Waals surface area contributed by atoms with Gasteiger partial charge in [-0.05, 0) is 61.5 Å². The zero-order chi connectivity index (χ0) is 28.8. The Bertz CT molecular complexity index is 1440. The molecule has 0 bridgehead atoms. The van der Waals surface area contributed by atoms with Crippen molar-refractivity contribution in [2.45, 2.75) is 6.92 Å². The summed E-state index contributed by atoms with van der Waals surface area (Å²) in [5, 5.41) is 25.8. The van der Waals surface area contributed by atoms with Gasteiger partial charge in [-0.15, -0.1) is 0 Å². The quantitative estimate of drug-likeness (QED) is 0.213. The van der Waals surface area contributed by atoms with Crippen molar-refractivity contribution >= 4 is 40.4 Å². The Morgan fingerprint density at radius 1 is 0.975 bits per heavy atom. The van der Waals surface area contributed by atoms with Crippen LogP contribution in [-0.4, -0.2) is 78.4 Å². The van der Waals surface area contributed by atoms with Crippen LogP contribution in [0, 0.1) is 6.92 Å². The van der Waals surface area contributed by atoms with E-state index in [1.807, 2.05) is 42.3 Å². The van der Waals surface area contributed by atoms with Gasteiger partial charge >= 0.3 is 5.97 Å². The molecule has 0 atom stereocenters. The molecule has 0 unspecified atom stereocenters. The maximum atomic E-state index is 13.2. The van der Waals surface area contributed by atoms with Crippen molar-refractivity contribution in [3.05, 3.63) is 94.5 Å². The van der Waals surface area contributed by atoms with Crippen LogP contribution in [0.3, 0.4) is 0 Å². The Labute approximate surface area is 232 Å². The number of aromatic carboxylic acids is 1. The number of amides is 2. The summed E-state index contributed by atoms with van der Waals surface area (Å²) < 4.78 is 0. The molecule has 1 aliphatic heterocycles. The first kappa shape index (κ1) is 28.5. The zero-order valence-corrected chi connectivity index (χ0v) is 22.6. The number of aryl methyl sites for hydroxylation is 1. The van der Waals surface area contributed by atoms with Crippen molar-refractivity contribution in [3.8, 4) is 0 Å². The molecule has 1 heterocycles. The Hall–Kier alpha value is -4.51. The first-order valence-corrected chi connectivity index (χ1v) is 12.8. The van der Waals surface area contributed by atoms with Gasteiger partial charge in [0.1, 0.15) is 0 Å². The number of fused-ring (bicyclic) bond motifs is 1. The molecule has 2 amide bonds. The van der Waals surface area contributed by atoms with Crippen LogP contribution in [0.5, 0.6) is 0 Å². The molecule has 4 N–H and O–H groups in total. The van der Waals surface area contributed by atoms with E-state index in [4.69, 9.17) is 9.94 Å². The van der Waals surface area contributed by atoms with Crippen molar-refractivity contribution in [1.82, 2.24) is 9.96 Å². The summed E-state index contributed by atoms with van der Waals surface area (Å²) in [5.41, 5.74) is 4.48. The minimum atomic E-state index is -1.06. The predicted molar refractivity (Wildman–Crippen MR) is 153 cm³/mol. The van der Waals surface area contributed by atoms with Gasteiger partial charge in [0.15, 0.2) is 0 Å². The number of carbonyl (C=O) groups excluding carboxylic acids is 2. The van der Waals surface area contributed by atoms with Gasteiger partial charge in [-0.1, -0.05) is 30.3 Å². The highest BCUT2D eigenvalue weighted by atomic mass is 16.7. The van der Waals surface area contributed by atoms with Gasteiger partial charge in [-0.2, -0.15) is 0 Å². The van der Waals surface area contributed by atoms with Gasteiger partial charge in [0.05, 0.1) is 35.7 Å². The third-order valence-corrected chi connectivity index (χ3v) is 6.58. The summed E-state index contributed by atoms with van der Waals surface area (Å²) in [6, 6.07) is 19.4. The largest absolute Gasteiger partial charge is 0.478 e. The Balaban J connectivity index is 1.60. The third-order valence-electron chi connectivity index (χ3n) is 6.58. The van der Waals surface area contributed by atoms with E-state index >= 15 is 0 Å². The summed E-state index contributed by atoms with van der Waals surface area (Å²) >= 11 is 0. The van der Waals surface area contributed by atoms with Gasteiger partial charge in [0, 0.05) is 37.0 Å². The Morgan fingerprint density at radius 3 is 2.33 bits per heavy atom. The number of anilines is 2. The molecule has 3 aromatic carbocycles. The zero-order valence-electron chi connectivity index (χ0n) is 22.6. The normalized spacial score (nSPS) is 13.6. The maximum absolute atomic E-state index is 13.2. The Kier molecular flexibility index (Phi) is 8.95. The fourth-order valence-corrected chi connectivity index (χ4v) is 4.38. The second kappa shape index (κ2) is 12.6. The lowest BCUT2D eigenvalue weighted by atomic mass is 9.96. The first-order valence-electron chi connectivity index (χ1n) is 12.8. The maximum Gasteiger partial charge on any atom is 0.336 e. The van der Waals surface area contributed by atoms with Gasteiger partial charge < -0.3 is 25.7 Å². The van der Waals surface area contributed by atoms with Crippen molar-refractivity contribution in [3.63, 3.8) is 0 Å². The summed E-state index contributed by atoms with van der Waals surface area (Å²) in [5.74, 6) is -1.72. The number of carbonyl (C=O) groups is 3. The van der Waals surface area contributed by atoms with E-state index in [0.717, 1.165) is 5.56 Å². The molecule has 0 aliphatic carbocycles. The highest BCUT2D eigenvalue weighted by Gasteiger charge is 2.30. The molecule has 0 saturated heterocycles. The van der Waals surface area contributed by atoms with Crippen LogP contribution < -0.4 is 10.6 Å². The second-order valence-electron chi connectivity index (χ2n) is 9.45. The molecule has 0 fully saturated rings. The molecule has 208 valence electrons. The highest BCUT2D eigenvalue weighted by Crippen LogP contribution is 2.39. The topological polar surface area (TPSA) is 131 Å². The van der Waals surface area contributed by atoms with E-state index in [2.05, 4.69) is 10.6 Å². The van der Waals surface area contributed by atoms with E-state index in [9.17, 15) is 19.5 Å². The standard InChI is InChI=1S/C30H32N4O6/c1-19-17-24-25(18-23(19)30(38)39)32-28(36)26(24)27(20-7-5-4-6-8-20)31-22-11-9-21(10-12-22)29(37)34(3)40-16-14-33(2)13-15-35/h4-12,17-18,31,35H,13-16H2,1-3H3,(H,32,36)(H,38,39)/b27-26+. The minimum Gasteiger partial charge on any atom is -0.478 e. The third kappa shape index (κ3) is 6.37. The number of rotatable bonds is 11. The van der Waals surface area contributed by atoms with Gasteiger partial charge in [-0.25, -0.2) is 9.86 Å². The number of carboxylic acids is 1. The van der Waals surface area contributed by atoms with E-state index in [1.54, 1.807) is 44.3 Å². The van der Waals surface area contributed by atoms with Crippen LogP contribution in [0.4, 0.5) is 11.4 Å². The fraction of sp³-hybridized carbons (Fsp3) is 0.233. The number of likely N-dealkylation sites (N-methyl/N-ethyl adjacent to an activating group) is 1. The molecule has 40 heavy (non-hydrogen) atoms. The minimum absolute atomic E-state index is 0.0524. The summed E-state index contributed by atoms with van der Waals surface area (Å²) in [6.07, 6.45) is 0. The SMILES string of the molecule is Cc1cc2c(cc1C(=O)O)NC(=O)/C2=C(/Nc1ccc(C(=O)N(C)OCCN(C)CCO)cc1)c1ccccc1. The molecule has 0 radical (unpaired) electrons. The summed E-state index contributed by atoms with van der Waals surface area (Å²) in [4.78, 5) is 45.0. The van der Waals surface area contributed by atoms with Crippen molar-refractivity contribution in [2.24, 2.45) is 0 Å². The van der Waals surface area contributed by atoms with E-state index in [0.29, 0.717) is 59.0 Å². The van der Waals surface area contributed by atoms with Gasteiger partial charge in [-0.3, -0.25) is 14.4 Å².